The van der Waals surface area contributed by atoms with Crippen molar-refractivity contribution in [3.63, 3.8) is 0 Å². The van der Waals surface area contributed by atoms with Crippen LogP contribution in [-0.4, -0.2) is 37.2 Å². The van der Waals surface area contributed by atoms with Crippen LogP contribution in [-0.2, 0) is 0 Å². The first kappa shape index (κ1) is 16.9. The van der Waals surface area contributed by atoms with E-state index in [0.29, 0.717) is 17.1 Å². The predicted molar refractivity (Wildman–Crippen MR) is 93.7 cm³/mol. The zero-order valence-corrected chi connectivity index (χ0v) is 15.3. The van der Waals surface area contributed by atoms with Gasteiger partial charge in [0.1, 0.15) is 0 Å². The van der Waals surface area contributed by atoms with Crippen LogP contribution in [0.15, 0.2) is 16.6 Å². The molecule has 1 fully saturated rings. The maximum atomic E-state index is 6.16. The van der Waals surface area contributed by atoms with Gasteiger partial charge in [-0.1, -0.05) is 11.6 Å². The van der Waals surface area contributed by atoms with Gasteiger partial charge in [0.25, 0.3) is 0 Å². The molecule has 0 spiro atoms. The van der Waals surface area contributed by atoms with Crippen LogP contribution in [0.1, 0.15) is 33.1 Å². The van der Waals surface area contributed by atoms with E-state index in [0.717, 1.165) is 28.9 Å². The fourth-order valence-corrected chi connectivity index (χ4v) is 3.85. The lowest BCUT2D eigenvalue weighted by molar-refractivity contribution is 0.230. The Bertz CT molecular complexity index is 482. The van der Waals surface area contributed by atoms with Gasteiger partial charge in [0.2, 0.25) is 0 Å². The lowest BCUT2D eigenvalue weighted by Gasteiger charge is -2.24. The number of methoxy groups -OCH3 is 1. The average molecular weight is 376 g/mol. The van der Waals surface area contributed by atoms with Crippen LogP contribution in [0.25, 0.3) is 0 Å². The normalized spacial score (nSPS) is 20.4. The van der Waals surface area contributed by atoms with Gasteiger partial charge >= 0.3 is 0 Å². The molecular formula is C16H24BrClN2O. The van der Waals surface area contributed by atoms with Crippen molar-refractivity contribution in [2.75, 3.05) is 25.5 Å². The van der Waals surface area contributed by atoms with Gasteiger partial charge in [0, 0.05) is 23.7 Å². The van der Waals surface area contributed by atoms with Gasteiger partial charge < -0.3 is 15.0 Å². The number of halogens is 2. The zero-order chi connectivity index (χ0) is 15.4. The Morgan fingerprint density at radius 3 is 2.76 bits per heavy atom. The van der Waals surface area contributed by atoms with Gasteiger partial charge in [0.15, 0.2) is 5.75 Å². The molecule has 3 nitrogen and oxygen atoms in total. The lowest BCUT2D eigenvalue weighted by atomic mass is 10.1. The Kier molecular flexibility index (Phi) is 6.20. The van der Waals surface area contributed by atoms with Gasteiger partial charge in [0.05, 0.1) is 17.3 Å². The molecule has 0 aromatic heterocycles. The standard InChI is InChI=1S/C16H24BrClN2O/c1-11(2)20-7-4-5-13(6-8-20)19-15-10-12(18)9-14(17)16(15)21-3/h9-11,13,19H,4-8H2,1-3H3. The maximum Gasteiger partial charge on any atom is 0.156 e. The Balaban J connectivity index is 2.08. The van der Waals surface area contributed by atoms with E-state index in [-0.39, 0.29) is 0 Å². The van der Waals surface area contributed by atoms with Crippen molar-refractivity contribution in [2.45, 2.75) is 45.2 Å². The van der Waals surface area contributed by atoms with Crippen molar-refractivity contribution in [1.29, 1.82) is 0 Å². The minimum Gasteiger partial charge on any atom is -0.493 e. The molecule has 0 bridgehead atoms. The summed E-state index contributed by atoms with van der Waals surface area (Å²) in [5, 5.41) is 4.33. The molecule has 2 rings (SSSR count). The van der Waals surface area contributed by atoms with E-state index in [1.54, 1.807) is 7.11 Å². The molecule has 1 saturated heterocycles. The molecule has 118 valence electrons. The van der Waals surface area contributed by atoms with Crippen molar-refractivity contribution >= 4 is 33.2 Å². The third-order valence-electron chi connectivity index (χ3n) is 4.07. The molecule has 1 heterocycles. The highest BCUT2D eigenvalue weighted by Crippen LogP contribution is 2.37. The molecule has 0 saturated carbocycles. The number of hydrogen-bond donors (Lipinski definition) is 1. The summed E-state index contributed by atoms with van der Waals surface area (Å²) in [7, 11) is 1.69. The molecule has 1 N–H and O–H groups in total. The molecule has 1 aliphatic rings. The van der Waals surface area contributed by atoms with Crippen LogP contribution < -0.4 is 10.1 Å². The summed E-state index contributed by atoms with van der Waals surface area (Å²) in [5.41, 5.74) is 0.972. The molecule has 1 atom stereocenters. The van der Waals surface area contributed by atoms with Crippen molar-refractivity contribution in [3.05, 3.63) is 21.6 Å². The number of nitrogens with one attached hydrogen (secondary N) is 1. The second-order valence-corrected chi connectivity index (χ2v) is 7.16. The second-order valence-electron chi connectivity index (χ2n) is 5.87. The predicted octanol–water partition coefficient (Wildman–Crippen LogP) is 4.79. The van der Waals surface area contributed by atoms with E-state index in [1.165, 1.54) is 19.4 Å². The van der Waals surface area contributed by atoms with Gasteiger partial charge in [-0.05, 0) is 67.7 Å². The van der Waals surface area contributed by atoms with Crippen LogP contribution in [0.4, 0.5) is 5.69 Å². The number of ether oxygens (including phenoxy) is 1. The van der Waals surface area contributed by atoms with Crippen molar-refractivity contribution in [2.24, 2.45) is 0 Å². The highest BCUT2D eigenvalue weighted by atomic mass is 79.9. The van der Waals surface area contributed by atoms with Crippen LogP contribution in [0.2, 0.25) is 5.02 Å². The van der Waals surface area contributed by atoms with E-state index >= 15 is 0 Å². The average Bonchev–Trinajstić information content (AvgIpc) is 2.64. The van der Waals surface area contributed by atoms with Crippen LogP contribution in [0.5, 0.6) is 5.75 Å². The molecule has 0 aliphatic carbocycles. The second kappa shape index (κ2) is 7.70. The maximum absolute atomic E-state index is 6.16. The summed E-state index contributed by atoms with van der Waals surface area (Å²) in [5.74, 6) is 0.823. The monoisotopic (exact) mass is 374 g/mol. The Labute approximate surface area is 141 Å². The first-order chi connectivity index (χ1) is 10.0. The summed E-state index contributed by atoms with van der Waals surface area (Å²) in [6.45, 7) is 6.86. The van der Waals surface area contributed by atoms with E-state index < -0.39 is 0 Å². The zero-order valence-electron chi connectivity index (χ0n) is 13.0. The van der Waals surface area contributed by atoms with E-state index in [1.807, 2.05) is 12.1 Å². The number of likely N-dealkylation sites (tertiary alicyclic amines) is 1. The summed E-state index contributed by atoms with van der Waals surface area (Å²) >= 11 is 9.67. The van der Waals surface area contributed by atoms with Gasteiger partial charge in [-0.15, -0.1) is 0 Å². The van der Waals surface area contributed by atoms with Crippen molar-refractivity contribution in [1.82, 2.24) is 4.90 Å². The number of anilines is 1. The van der Waals surface area contributed by atoms with Crippen molar-refractivity contribution < 1.29 is 4.74 Å². The molecular weight excluding hydrogens is 352 g/mol. The first-order valence-electron chi connectivity index (χ1n) is 7.55. The summed E-state index contributed by atoms with van der Waals surface area (Å²) in [6.07, 6.45) is 3.54. The lowest BCUT2D eigenvalue weighted by Crippen LogP contribution is -2.32. The van der Waals surface area contributed by atoms with Gasteiger partial charge in [-0.2, -0.15) is 0 Å². The molecule has 0 amide bonds. The minimum atomic E-state index is 0.466. The smallest absolute Gasteiger partial charge is 0.156 e. The third kappa shape index (κ3) is 4.51. The SMILES string of the molecule is COc1c(Br)cc(Cl)cc1NC1CCCN(C(C)C)CC1. The van der Waals surface area contributed by atoms with Crippen LogP contribution >= 0.6 is 27.5 Å². The van der Waals surface area contributed by atoms with Crippen molar-refractivity contribution in [3.8, 4) is 5.75 Å². The first-order valence-corrected chi connectivity index (χ1v) is 8.72. The minimum absolute atomic E-state index is 0.466. The molecule has 21 heavy (non-hydrogen) atoms. The van der Waals surface area contributed by atoms with Crippen LogP contribution in [0, 0.1) is 0 Å². The highest BCUT2D eigenvalue weighted by molar-refractivity contribution is 9.10. The van der Waals surface area contributed by atoms with E-state index in [2.05, 4.69) is 40.0 Å². The Morgan fingerprint density at radius 2 is 2.10 bits per heavy atom. The fourth-order valence-electron chi connectivity index (χ4n) is 2.87. The van der Waals surface area contributed by atoms with Gasteiger partial charge in [-0.3, -0.25) is 0 Å². The summed E-state index contributed by atoms with van der Waals surface area (Å²) < 4.78 is 6.37. The molecule has 1 aliphatic heterocycles. The molecule has 0 radical (unpaired) electrons. The highest BCUT2D eigenvalue weighted by Gasteiger charge is 2.20. The number of rotatable bonds is 4. The van der Waals surface area contributed by atoms with E-state index in [4.69, 9.17) is 16.3 Å². The number of nitrogens with zero attached hydrogens (tertiary/aromatic N) is 1. The molecule has 1 aromatic rings. The Morgan fingerprint density at radius 1 is 1.33 bits per heavy atom. The largest absolute Gasteiger partial charge is 0.493 e. The molecule has 5 heteroatoms. The Hall–Kier alpha value is -0.450. The summed E-state index contributed by atoms with van der Waals surface area (Å²) in [4.78, 5) is 2.55. The molecule has 1 unspecified atom stereocenters. The number of benzene rings is 1. The summed E-state index contributed by atoms with van der Waals surface area (Å²) in [6, 6.07) is 4.89. The van der Waals surface area contributed by atoms with E-state index in [9.17, 15) is 0 Å². The van der Waals surface area contributed by atoms with Gasteiger partial charge in [-0.25, -0.2) is 0 Å². The topological polar surface area (TPSA) is 24.5 Å². The fraction of sp³-hybridized carbons (Fsp3) is 0.625. The van der Waals surface area contributed by atoms with Crippen LogP contribution in [0.3, 0.4) is 0 Å². The quantitative estimate of drug-likeness (QED) is 0.819. The third-order valence-corrected chi connectivity index (χ3v) is 4.87. The number of hydrogen-bond acceptors (Lipinski definition) is 3. The molecule has 1 aromatic carbocycles.